The molecule has 136 valence electrons. The molecule has 0 radical (unpaired) electrons. The average Bonchev–Trinajstić information content (AvgIpc) is 2.81. The number of carboxylic acid groups (broad SMARTS) is 1. The Kier molecular flexibility index (Phi) is 9.07. The zero-order valence-corrected chi connectivity index (χ0v) is 14.3. The van der Waals surface area contributed by atoms with Crippen molar-refractivity contribution in [1.29, 1.82) is 0 Å². The third kappa shape index (κ3) is 6.31. The van der Waals surface area contributed by atoms with E-state index in [1.165, 1.54) is 4.90 Å². The molecule has 0 atom stereocenters. The minimum absolute atomic E-state index is 0.153. The minimum atomic E-state index is -0.801. The normalized spacial score (nSPS) is 16.5. The highest BCUT2D eigenvalue weighted by atomic mass is 16.4. The van der Waals surface area contributed by atoms with Gasteiger partial charge < -0.3 is 10.2 Å². The van der Waals surface area contributed by atoms with E-state index < -0.39 is 17.9 Å². The van der Waals surface area contributed by atoms with Gasteiger partial charge in [0.1, 0.15) is 5.70 Å². The predicted octanol–water partition coefficient (Wildman–Crippen LogP) is 2.40. The molecule has 24 heavy (non-hydrogen) atoms. The number of imide groups is 1. The van der Waals surface area contributed by atoms with Gasteiger partial charge in [-0.15, -0.1) is 0 Å². The molecule has 3 amide bonds. The molecule has 0 aromatic rings. The second kappa shape index (κ2) is 10.8. The van der Waals surface area contributed by atoms with E-state index in [-0.39, 0.29) is 13.0 Å². The van der Waals surface area contributed by atoms with Crippen molar-refractivity contribution in [2.24, 2.45) is 0 Å². The summed E-state index contributed by atoms with van der Waals surface area (Å²) in [5, 5.41) is 20.4. The number of hydrogen-bond donors (Lipinski definition) is 3. The van der Waals surface area contributed by atoms with Crippen molar-refractivity contribution in [3.63, 3.8) is 0 Å². The van der Waals surface area contributed by atoms with Gasteiger partial charge in [0, 0.05) is 13.0 Å². The van der Waals surface area contributed by atoms with Crippen molar-refractivity contribution in [3.8, 4) is 0 Å². The zero-order valence-electron chi connectivity index (χ0n) is 14.3. The van der Waals surface area contributed by atoms with Crippen LogP contribution in [-0.2, 0) is 9.59 Å². The van der Waals surface area contributed by atoms with Crippen LogP contribution in [0.2, 0.25) is 0 Å². The maximum Gasteiger partial charge on any atom is 0.329 e. The molecule has 0 aliphatic carbocycles. The van der Waals surface area contributed by atoms with E-state index in [1.807, 2.05) is 0 Å². The number of unbranched alkanes of at least 4 members (excludes halogenated alkanes) is 5. The lowest BCUT2D eigenvalue weighted by Gasteiger charge is -2.18. The number of hydrogen-bond acceptors (Lipinski definition) is 4. The number of carboxylic acids is 1. The first-order chi connectivity index (χ1) is 11.5. The Hall–Kier alpha value is -1.89. The molecule has 0 saturated carbocycles. The van der Waals surface area contributed by atoms with Crippen LogP contribution in [0.1, 0.15) is 64.7 Å². The fourth-order valence-electron chi connectivity index (χ4n) is 2.77. The molecule has 1 heterocycles. The highest BCUT2D eigenvalue weighted by Crippen LogP contribution is 2.22. The number of rotatable bonds is 12. The lowest BCUT2D eigenvalue weighted by Crippen LogP contribution is -2.29. The molecule has 1 saturated heterocycles. The van der Waals surface area contributed by atoms with Crippen LogP contribution >= 0.6 is 0 Å². The van der Waals surface area contributed by atoms with E-state index >= 15 is 0 Å². The number of amides is 3. The molecule has 0 unspecified atom stereocenters. The van der Waals surface area contributed by atoms with Crippen molar-refractivity contribution in [2.45, 2.75) is 64.7 Å². The molecule has 7 nitrogen and oxygen atoms in total. The number of carbonyl (C=O) groups is 3. The molecule has 0 spiro atoms. The molecule has 0 bridgehead atoms. The van der Waals surface area contributed by atoms with Crippen molar-refractivity contribution in [1.82, 2.24) is 10.2 Å². The Morgan fingerprint density at radius 3 is 2.33 bits per heavy atom. The third-order valence-corrected chi connectivity index (χ3v) is 4.08. The summed E-state index contributed by atoms with van der Waals surface area (Å²) >= 11 is 0. The van der Waals surface area contributed by atoms with Gasteiger partial charge in [0.05, 0.1) is 6.61 Å². The van der Waals surface area contributed by atoms with Gasteiger partial charge in [-0.05, 0) is 31.3 Å². The van der Waals surface area contributed by atoms with Crippen molar-refractivity contribution in [3.05, 3.63) is 11.3 Å². The first-order valence-corrected chi connectivity index (χ1v) is 8.68. The summed E-state index contributed by atoms with van der Waals surface area (Å²) < 4.78 is 0. The summed E-state index contributed by atoms with van der Waals surface area (Å²) in [7, 11) is 0. The van der Waals surface area contributed by atoms with Crippen LogP contribution in [0, 0.1) is 0 Å². The van der Waals surface area contributed by atoms with Crippen LogP contribution in [0.5, 0.6) is 0 Å². The number of carbonyl (C=O) groups excluding carboxylic acids is 2. The smallest absolute Gasteiger partial charge is 0.329 e. The summed E-state index contributed by atoms with van der Waals surface area (Å²) in [4.78, 5) is 35.9. The Balaban J connectivity index is 2.59. The van der Waals surface area contributed by atoms with E-state index in [2.05, 4.69) is 12.2 Å². The number of aliphatic carboxylic acids is 1. The van der Waals surface area contributed by atoms with Gasteiger partial charge in [0.2, 0.25) is 0 Å². The number of nitrogens with zero attached hydrogens (tertiary/aromatic N) is 1. The zero-order chi connectivity index (χ0) is 17.9. The topological polar surface area (TPSA) is 107 Å². The second-order valence-electron chi connectivity index (χ2n) is 6.04. The van der Waals surface area contributed by atoms with E-state index in [0.717, 1.165) is 32.1 Å². The van der Waals surface area contributed by atoms with Gasteiger partial charge in [-0.3, -0.25) is 19.8 Å². The van der Waals surface area contributed by atoms with Crippen LogP contribution in [0.15, 0.2) is 11.3 Å². The van der Waals surface area contributed by atoms with Gasteiger partial charge in [0.25, 0.3) is 5.91 Å². The third-order valence-electron chi connectivity index (χ3n) is 4.08. The fourth-order valence-corrected chi connectivity index (χ4v) is 2.77. The Morgan fingerprint density at radius 1 is 1.04 bits per heavy atom. The standard InChI is InChI=1S/C17H28N2O5/c1-2-3-6-9-13(12-20)15-16(23)18-17(24)19(15)11-8-5-4-7-10-14(21)22/h20H,2-12H2,1H3,(H,21,22)(H,18,23,24)/b15-13+. The molecule has 1 aliphatic heterocycles. The molecule has 1 aliphatic rings. The van der Waals surface area contributed by atoms with Crippen molar-refractivity contribution >= 4 is 17.9 Å². The molecule has 0 aromatic carbocycles. The highest BCUT2D eigenvalue weighted by Gasteiger charge is 2.34. The lowest BCUT2D eigenvalue weighted by atomic mass is 10.0. The van der Waals surface area contributed by atoms with Gasteiger partial charge in [-0.2, -0.15) is 0 Å². The van der Waals surface area contributed by atoms with Crippen LogP contribution < -0.4 is 5.32 Å². The summed E-state index contributed by atoms with van der Waals surface area (Å²) in [5.74, 6) is -1.24. The molecule has 1 fully saturated rings. The number of nitrogens with one attached hydrogen (secondary N) is 1. The van der Waals surface area contributed by atoms with E-state index in [0.29, 0.717) is 37.1 Å². The maximum absolute atomic E-state index is 12.0. The Labute approximate surface area is 142 Å². The summed E-state index contributed by atoms with van der Waals surface area (Å²) in [6.07, 6.45) is 6.56. The number of aliphatic hydroxyl groups excluding tert-OH is 1. The first kappa shape index (κ1) is 20.2. The fraction of sp³-hybridized carbons (Fsp3) is 0.706. The van der Waals surface area contributed by atoms with Gasteiger partial charge in [0.15, 0.2) is 0 Å². The summed E-state index contributed by atoms with van der Waals surface area (Å²) in [5.41, 5.74) is 0.904. The quantitative estimate of drug-likeness (QED) is 0.287. The number of aliphatic hydroxyl groups is 1. The molecule has 3 N–H and O–H groups in total. The van der Waals surface area contributed by atoms with Crippen LogP contribution in [0.4, 0.5) is 4.79 Å². The molecular weight excluding hydrogens is 312 g/mol. The van der Waals surface area contributed by atoms with Crippen LogP contribution in [-0.4, -0.2) is 46.2 Å². The second-order valence-corrected chi connectivity index (χ2v) is 6.04. The summed E-state index contributed by atoms with van der Waals surface area (Å²) in [6, 6.07) is -0.443. The maximum atomic E-state index is 12.0. The van der Waals surface area contributed by atoms with Crippen LogP contribution in [0.3, 0.4) is 0 Å². The molecule has 0 aromatic heterocycles. The molecular formula is C17H28N2O5. The highest BCUT2D eigenvalue weighted by molar-refractivity contribution is 6.12. The van der Waals surface area contributed by atoms with E-state index in [1.54, 1.807) is 0 Å². The SMILES string of the molecule is CCCCC/C(CO)=C1/C(=O)NC(=O)N1CCCCCCC(=O)O. The minimum Gasteiger partial charge on any atom is -0.481 e. The van der Waals surface area contributed by atoms with E-state index in [4.69, 9.17) is 5.11 Å². The Bertz CT molecular complexity index is 487. The molecule has 1 rings (SSSR count). The van der Waals surface area contributed by atoms with Gasteiger partial charge >= 0.3 is 12.0 Å². The van der Waals surface area contributed by atoms with E-state index in [9.17, 15) is 19.5 Å². The largest absolute Gasteiger partial charge is 0.481 e. The van der Waals surface area contributed by atoms with Crippen molar-refractivity contribution < 1.29 is 24.6 Å². The predicted molar refractivity (Wildman–Crippen MR) is 89.2 cm³/mol. The lowest BCUT2D eigenvalue weighted by molar-refractivity contribution is -0.137. The first-order valence-electron chi connectivity index (χ1n) is 8.68. The number of urea groups is 1. The monoisotopic (exact) mass is 340 g/mol. The van der Waals surface area contributed by atoms with Gasteiger partial charge in [-0.1, -0.05) is 32.6 Å². The van der Waals surface area contributed by atoms with Crippen LogP contribution in [0.25, 0.3) is 0 Å². The molecule has 7 heteroatoms. The summed E-state index contributed by atoms with van der Waals surface area (Å²) in [6.45, 7) is 2.25. The Morgan fingerprint density at radius 2 is 1.71 bits per heavy atom. The van der Waals surface area contributed by atoms with Crippen molar-refractivity contribution in [2.75, 3.05) is 13.2 Å². The average molecular weight is 340 g/mol. The van der Waals surface area contributed by atoms with Gasteiger partial charge in [-0.25, -0.2) is 4.79 Å².